The van der Waals surface area contributed by atoms with Gasteiger partial charge in [0.05, 0.1) is 18.0 Å². The molecule has 1 aliphatic heterocycles. The Hall–Kier alpha value is -3.16. The topological polar surface area (TPSA) is 79.7 Å². The molecule has 1 aromatic carbocycles. The second-order valence-corrected chi connectivity index (χ2v) is 11.8. The summed E-state index contributed by atoms with van der Waals surface area (Å²) in [7, 11) is -1.86. The number of aromatic nitrogens is 2. The van der Waals surface area contributed by atoms with Crippen LogP contribution in [0.25, 0.3) is 0 Å². The zero-order valence-corrected chi connectivity index (χ0v) is 22.5. The Morgan fingerprint density at radius 3 is 2.62 bits per heavy atom. The van der Waals surface area contributed by atoms with Crippen LogP contribution in [0.5, 0.6) is 0 Å². The highest BCUT2D eigenvalue weighted by molar-refractivity contribution is 7.89. The summed E-state index contributed by atoms with van der Waals surface area (Å²) < 4.78 is 88.6. The highest BCUT2D eigenvalue weighted by Crippen LogP contribution is 2.48. The van der Waals surface area contributed by atoms with Crippen molar-refractivity contribution in [3.8, 4) is 0 Å². The first-order valence-corrected chi connectivity index (χ1v) is 13.9. The summed E-state index contributed by atoms with van der Waals surface area (Å²) in [5.41, 5.74) is 6.66. The SMILES string of the molecule is COCCN(C[C@H]1CCC2=C1[C@@H](C)C1=CNN(c3ccc(F)cc3)C1=C2)S(=O)(=O)c1cn(C)nc1C(F)(F)F. The summed E-state index contributed by atoms with van der Waals surface area (Å²) in [5.74, 6) is -0.574. The third-order valence-electron chi connectivity index (χ3n) is 7.44. The van der Waals surface area contributed by atoms with Crippen molar-refractivity contribution in [2.45, 2.75) is 30.8 Å². The van der Waals surface area contributed by atoms with E-state index in [9.17, 15) is 26.0 Å². The van der Waals surface area contributed by atoms with Gasteiger partial charge in [0.15, 0.2) is 5.69 Å². The molecule has 2 aromatic rings. The Morgan fingerprint density at radius 2 is 1.95 bits per heavy atom. The maximum absolute atomic E-state index is 13.7. The third kappa shape index (κ3) is 4.98. The van der Waals surface area contributed by atoms with Crippen molar-refractivity contribution in [3.63, 3.8) is 0 Å². The number of nitrogens with zero attached hydrogens (tertiary/aromatic N) is 4. The van der Waals surface area contributed by atoms with Crippen LogP contribution in [-0.4, -0.2) is 49.3 Å². The van der Waals surface area contributed by atoms with Crippen LogP contribution in [0.15, 0.2) is 70.1 Å². The second-order valence-electron chi connectivity index (χ2n) is 9.88. The molecule has 8 nitrogen and oxygen atoms in total. The lowest BCUT2D eigenvalue weighted by molar-refractivity contribution is -0.143. The van der Waals surface area contributed by atoms with Gasteiger partial charge < -0.3 is 10.2 Å². The van der Waals surface area contributed by atoms with Gasteiger partial charge in [-0.15, -0.1) is 0 Å². The average molecular weight is 568 g/mol. The fraction of sp³-hybridized carbons (Fsp3) is 0.423. The van der Waals surface area contributed by atoms with Crippen LogP contribution in [0.4, 0.5) is 23.2 Å². The van der Waals surface area contributed by atoms with Gasteiger partial charge in [0, 0.05) is 51.1 Å². The van der Waals surface area contributed by atoms with Gasteiger partial charge in [-0.05, 0) is 54.7 Å². The molecule has 0 unspecified atom stereocenters. The monoisotopic (exact) mass is 567 g/mol. The highest BCUT2D eigenvalue weighted by atomic mass is 32.2. The number of benzene rings is 1. The number of hydrogen-bond donors (Lipinski definition) is 1. The summed E-state index contributed by atoms with van der Waals surface area (Å²) in [6, 6.07) is 6.13. The van der Waals surface area contributed by atoms with E-state index in [0.29, 0.717) is 12.8 Å². The van der Waals surface area contributed by atoms with E-state index in [2.05, 4.69) is 16.6 Å². The molecular weight excluding hydrogens is 538 g/mol. The Balaban J connectivity index is 1.46. The summed E-state index contributed by atoms with van der Waals surface area (Å²) >= 11 is 0. The number of halogens is 4. The molecule has 13 heteroatoms. The number of sulfonamides is 1. The zero-order chi connectivity index (χ0) is 28.1. The normalized spacial score (nSPS) is 21.2. The summed E-state index contributed by atoms with van der Waals surface area (Å²) in [5, 5.41) is 5.26. The molecule has 210 valence electrons. The van der Waals surface area contributed by atoms with Crippen molar-refractivity contribution >= 4 is 15.7 Å². The molecule has 1 N–H and O–H groups in total. The fourth-order valence-corrected chi connectivity index (χ4v) is 7.30. The van der Waals surface area contributed by atoms with Gasteiger partial charge in [0.2, 0.25) is 10.0 Å². The van der Waals surface area contributed by atoms with Crippen LogP contribution in [0.3, 0.4) is 0 Å². The number of aryl methyl sites for hydroxylation is 1. The first-order valence-electron chi connectivity index (χ1n) is 12.5. The van der Waals surface area contributed by atoms with Crippen molar-refractivity contribution in [1.29, 1.82) is 0 Å². The van der Waals surface area contributed by atoms with E-state index < -0.39 is 26.8 Å². The van der Waals surface area contributed by atoms with Crippen molar-refractivity contribution in [1.82, 2.24) is 19.5 Å². The first-order chi connectivity index (χ1) is 18.4. The first kappa shape index (κ1) is 27.4. The molecular formula is C26H29F4N5O3S. The van der Waals surface area contributed by atoms with Crippen LogP contribution in [0.2, 0.25) is 0 Å². The van der Waals surface area contributed by atoms with Gasteiger partial charge in [0.25, 0.3) is 0 Å². The second kappa shape index (κ2) is 10.1. The molecule has 2 heterocycles. The number of hydrogen-bond acceptors (Lipinski definition) is 6. The number of methoxy groups -OCH3 is 1. The van der Waals surface area contributed by atoms with Crippen LogP contribution in [-0.2, 0) is 28.0 Å². The number of hydrazine groups is 1. The lowest BCUT2D eigenvalue weighted by Crippen LogP contribution is -2.39. The quantitative estimate of drug-likeness (QED) is 0.478. The van der Waals surface area contributed by atoms with Crippen LogP contribution in [0, 0.1) is 17.7 Å². The minimum atomic E-state index is -4.92. The predicted octanol–water partition coefficient (Wildman–Crippen LogP) is 4.36. The average Bonchev–Trinajstić information content (AvgIpc) is 3.59. The summed E-state index contributed by atoms with van der Waals surface area (Å²) in [4.78, 5) is -0.864. The van der Waals surface area contributed by atoms with Gasteiger partial charge in [-0.3, -0.25) is 9.69 Å². The van der Waals surface area contributed by atoms with E-state index >= 15 is 0 Å². The predicted molar refractivity (Wildman–Crippen MR) is 136 cm³/mol. The van der Waals surface area contributed by atoms with Crippen LogP contribution < -0.4 is 10.4 Å². The molecule has 2 aliphatic carbocycles. The summed E-state index contributed by atoms with van der Waals surface area (Å²) in [6.07, 6.45) is 1.28. The van der Waals surface area contributed by atoms with Crippen molar-refractivity contribution in [2.24, 2.45) is 18.9 Å². The van der Waals surface area contributed by atoms with E-state index in [-0.39, 0.29) is 37.3 Å². The molecule has 0 spiro atoms. The molecule has 0 radical (unpaired) electrons. The number of anilines is 1. The van der Waals surface area contributed by atoms with Crippen LogP contribution in [0.1, 0.15) is 25.5 Å². The standard InChI is InChI=1S/C26H29F4N5O3S/c1-16-21-13-31-35(20-8-6-19(27)7-9-20)22(21)12-17-4-5-18(24(16)17)14-34(10-11-38-3)39(36,37)23-15-33(2)32-25(23)26(28,29)30/h6-9,12-13,15-16,18,31H,4-5,10-11,14H2,1-3H3/t16-,18+/m0/s1. The third-order valence-corrected chi connectivity index (χ3v) is 9.30. The minimum absolute atomic E-state index is 0.0205. The molecule has 5 rings (SSSR count). The van der Waals surface area contributed by atoms with E-state index in [1.165, 1.54) is 26.3 Å². The zero-order valence-electron chi connectivity index (χ0n) is 21.7. The number of allylic oxidation sites excluding steroid dienone is 3. The maximum Gasteiger partial charge on any atom is 0.436 e. The molecule has 1 aromatic heterocycles. The van der Waals surface area contributed by atoms with Gasteiger partial charge in [-0.1, -0.05) is 12.5 Å². The van der Waals surface area contributed by atoms with Gasteiger partial charge in [-0.25, -0.2) is 12.8 Å². The van der Waals surface area contributed by atoms with Gasteiger partial charge >= 0.3 is 6.18 Å². The Bertz CT molecular complexity index is 1460. The molecule has 0 amide bonds. The lowest BCUT2D eigenvalue weighted by atomic mass is 9.80. The number of nitrogens with one attached hydrogen (secondary N) is 1. The lowest BCUT2D eigenvalue weighted by Gasteiger charge is -2.32. The molecule has 0 saturated carbocycles. The number of ether oxygens (including phenoxy) is 1. The van der Waals surface area contributed by atoms with E-state index in [1.807, 2.05) is 18.1 Å². The van der Waals surface area contributed by atoms with Crippen molar-refractivity contribution in [2.75, 3.05) is 31.8 Å². The Kier molecular flexibility index (Phi) is 7.10. The molecule has 0 saturated heterocycles. The smallest absolute Gasteiger partial charge is 0.383 e. The van der Waals surface area contributed by atoms with E-state index in [4.69, 9.17) is 4.74 Å². The Labute approximate surface area is 224 Å². The highest BCUT2D eigenvalue weighted by Gasteiger charge is 2.44. The molecule has 3 aliphatic rings. The number of fused-ring (bicyclic) bond motifs is 1. The minimum Gasteiger partial charge on any atom is -0.383 e. The molecule has 0 bridgehead atoms. The Morgan fingerprint density at radius 1 is 1.23 bits per heavy atom. The van der Waals surface area contributed by atoms with E-state index in [0.717, 1.165) is 43.3 Å². The largest absolute Gasteiger partial charge is 0.436 e. The number of alkyl halides is 3. The van der Waals surface area contributed by atoms with Crippen LogP contribution >= 0.6 is 0 Å². The molecule has 0 fully saturated rings. The molecule has 2 atom stereocenters. The van der Waals surface area contributed by atoms with Gasteiger partial charge in [0.1, 0.15) is 10.7 Å². The maximum atomic E-state index is 13.7. The van der Waals surface area contributed by atoms with E-state index in [1.54, 1.807) is 12.1 Å². The van der Waals surface area contributed by atoms with Crippen molar-refractivity contribution in [3.05, 3.63) is 76.7 Å². The summed E-state index contributed by atoms with van der Waals surface area (Å²) in [6.45, 7) is 1.99. The number of rotatable bonds is 8. The molecule has 39 heavy (non-hydrogen) atoms. The van der Waals surface area contributed by atoms with Gasteiger partial charge in [-0.2, -0.15) is 22.6 Å². The van der Waals surface area contributed by atoms with Crippen molar-refractivity contribution < 1.29 is 30.7 Å². The fourth-order valence-electron chi connectivity index (χ4n) is 5.65.